The molecule has 0 spiro atoms. The Kier molecular flexibility index (Phi) is 4.53. The van der Waals surface area contributed by atoms with E-state index in [-0.39, 0.29) is 29.2 Å². The van der Waals surface area contributed by atoms with Crippen LogP contribution in [0.1, 0.15) is 24.8 Å². The minimum atomic E-state index is -0.531. The monoisotopic (exact) mass is 346 g/mol. The fraction of sp³-hybridized carbons (Fsp3) is 0.222. The smallest absolute Gasteiger partial charge is 0.225 e. The van der Waals surface area contributed by atoms with Crippen molar-refractivity contribution >= 4 is 34.8 Å². The molecular weight excluding hydrogens is 331 g/mol. The third-order valence-corrected chi connectivity index (χ3v) is 4.38. The van der Waals surface area contributed by atoms with Crippen LogP contribution in [0.5, 0.6) is 0 Å². The number of nitrogens with zero attached hydrogens (tertiary/aromatic N) is 1. The Morgan fingerprint density at radius 3 is 2.75 bits per heavy atom. The number of hydrogen-bond acceptors (Lipinski definition) is 2. The third-order valence-electron chi connectivity index (χ3n) is 4.09. The zero-order chi connectivity index (χ0) is 17.3. The van der Waals surface area contributed by atoms with Crippen LogP contribution in [-0.2, 0) is 9.59 Å². The van der Waals surface area contributed by atoms with Crippen molar-refractivity contribution in [3.8, 4) is 0 Å². The van der Waals surface area contributed by atoms with E-state index in [2.05, 4.69) is 5.32 Å². The molecule has 24 heavy (non-hydrogen) atoms. The zero-order valence-corrected chi connectivity index (χ0v) is 13.8. The van der Waals surface area contributed by atoms with Crippen molar-refractivity contribution in [3.63, 3.8) is 0 Å². The standard InChI is InChI=1S/C18H16ClFN2O2/c1-11(23)22-10-12(14-4-2-3-5-17(14)22)8-18(24)21-13-6-7-16(20)15(19)9-13/h2-7,9,12H,8,10H2,1H3,(H,21,24). The molecule has 1 aliphatic heterocycles. The lowest BCUT2D eigenvalue weighted by Crippen LogP contribution is -2.28. The van der Waals surface area contributed by atoms with E-state index in [0.29, 0.717) is 12.2 Å². The number of para-hydroxylation sites is 1. The first-order valence-electron chi connectivity index (χ1n) is 7.57. The molecule has 6 heteroatoms. The molecule has 0 aliphatic carbocycles. The summed E-state index contributed by atoms with van der Waals surface area (Å²) >= 11 is 5.72. The molecule has 2 aromatic rings. The summed E-state index contributed by atoms with van der Waals surface area (Å²) in [6, 6.07) is 11.6. The molecule has 1 heterocycles. The van der Waals surface area contributed by atoms with Crippen molar-refractivity contribution in [2.24, 2.45) is 0 Å². The highest BCUT2D eigenvalue weighted by atomic mass is 35.5. The Morgan fingerprint density at radius 1 is 1.29 bits per heavy atom. The average molecular weight is 347 g/mol. The highest BCUT2D eigenvalue weighted by Gasteiger charge is 2.31. The van der Waals surface area contributed by atoms with Crippen LogP contribution in [0.2, 0.25) is 5.02 Å². The maximum absolute atomic E-state index is 13.2. The number of amides is 2. The van der Waals surface area contributed by atoms with Gasteiger partial charge in [-0.05, 0) is 29.8 Å². The number of hydrogen-bond donors (Lipinski definition) is 1. The van der Waals surface area contributed by atoms with Gasteiger partial charge in [0.1, 0.15) is 5.82 Å². The van der Waals surface area contributed by atoms with Gasteiger partial charge in [-0.15, -0.1) is 0 Å². The molecule has 1 aliphatic rings. The van der Waals surface area contributed by atoms with Gasteiger partial charge in [0, 0.05) is 37.2 Å². The van der Waals surface area contributed by atoms with E-state index in [1.807, 2.05) is 24.3 Å². The van der Waals surface area contributed by atoms with E-state index in [9.17, 15) is 14.0 Å². The Morgan fingerprint density at radius 2 is 2.04 bits per heavy atom. The highest BCUT2D eigenvalue weighted by molar-refractivity contribution is 6.31. The van der Waals surface area contributed by atoms with Gasteiger partial charge in [-0.25, -0.2) is 4.39 Å². The normalized spacial score (nSPS) is 16.0. The Labute approximate surface area is 144 Å². The summed E-state index contributed by atoms with van der Waals surface area (Å²) in [7, 11) is 0. The SMILES string of the molecule is CC(=O)N1CC(CC(=O)Nc2ccc(F)c(Cl)c2)c2ccccc21. The molecule has 0 bridgehead atoms. The fourth-order valence-corrected chi connectivity index (χ4v) is 3.16. The topological polar surface area (TPSA) is 49.4 Å². The van der Waals surface area contributed by atoms with E-state index < -0.39 is 5.82 Å². The maximum atomic E-state index is 13.2. The predicted molar refractivity (Wildman–Crippen MR) is 91.9 cm³/mol. The summed E-state index contributed by atoms with van der Waals surface area (Å²) in [6.07, 6.45) is 0.232. The first-order valence-corrected chi connectivity index (χ1v) is 7.95. The van der Waals surface area contributed by atoms with E-state index in [1.165, 1.54) is 25.1 Å². The van der Waals surface area contributed by atoms with E-state index in [4.69, 9.17) is 11.6 Å². The minimum Gasteiger partial charge on any atom is -0.326 e. The summed E-state index contributed by atoms with van der Waals surface area (Å²) in [4.78, 5) is 25.8. The lowest BCUT2D eigenvalue weighted by Gasteiger charge is -2.15. The van der Waals surface area contributed by atoms with Crippen LogP contribution in [0.3, 0.4) is 0 Å². The number of nitrogens with one attached hydrogen (secondary N) is 1. The first-order chi connectivity index (χ1) is 11.5. The fourth-order valence-electron chi connectivity index (χ4n) is 2.98. The van der Waals surface area contributed by atoms with Crippen LogP contribution >= 0.6 is 11.6 Å². The van der Waals surface area contributed by atoms with E-state index in [1.54, 1.807) is 4.90 Å². The van der Waals surface area contributed by atoms with Crippen LogP contribution < -0.4 is 10.2 Å². The second-order valence-electron chi connectivity index (χ2n) is 5.77. The van der Waals surface area contributed by atoms with Crippen LogP contribution in [0.15, 0.2) is 42.5 Å². The number of anilines is 2. The van der Waals surface area contributed by atoms with Crippen LogP contribution in [0.4, 0.5) is 15.8 Å². The summed E-state index contributed by atoms with van der Waals surface area (Å²) in [5.74, 6) is -0.851. The quantitative estimate of drug-likeness (QED) is 0.914. The number of rotatable bonds is 3. The van der Waals surface area contributed by atoms with Crippen LogP contribution in [-0.4, -0.2) is 18.4 Å². The van der Waals surface area contributed by atoms with Crippen molar-refractivity contribution in [1.82, 2.24) is 0 Å². The number of fused-ring (bicyclic) bond motifs is 1. The second kappa shape index (κ2) is 6.61. The van der Waals surface area contributed by atoms with Gasteiger partial charge in [-0.2, -0.15) is 0 Å². The van der Waals surface area contributed by atoms with Gasteiger partial charge >= 0.3 is 0 Å². The number of halogens is 2. The van der Waals surface area contributed by atoms with Crippen LogP contribution in [0.25, 0.3) is 0 Å². The molecule has 3 rings (SSSR count). The van der Waals surface area contributed by atoms with Gasteiger partial charge in [0.15, 0.2) is 0 Å². The van der Waals surface area contributed by atoms with Crippen molar-refractivity contribution in [1.29, 1.82) is 0 Å². The van der Waals surface area contributed by atoms with Gasteiger partial charge < -0.3 is 10.2 Å². The molecular formula is C18H16ClFN2O2. The summed E-state index contributed by atoms with van der Waals surface area (Å²) in [5.41, 5.74) is 2.29. The molecule has 0 radical (unpaired) electrons. The van der Waals surface area contributed by atoms with E-state index in [0.717, 1.165) is 11.3 Å². The minimum absolute atomic E-state index is 0.0400. The van der Waals surface area contributed by atoms with E-state index >= 15 is 0 Å². The maximum Gasteiger partial charge on any atom is 0.225 e. The largest absolute Gasteiger partial charge is 0.326 e. The Bertz CT molecular complexity index is 809. The van der Waals surface area contributed by atoms with Crippen molar-refractivity contribution in [3.05, 3.63) is 58.9 Å². The van der Waals surface area contributed by atoms with Gasteiger partial charge in [0.25, 0.3) is 0 Å². The second-order valence-corrected chi connectivity index (χ2v) is 6.17. The summed E-state index contributed by atoms with van der Waals surface area (Å²) in [5, 5.41) is 2.68. The van der Waals surface area contributed by atoms with Gasteiger partial charge in [0.2, 0.25) is 11.8 Å². The Balaban J connectivity index is 1.73. The lowest BCUT2D eigenvalue weighted by atomic mass is 9.97. The first kappa shape index (κ1) is 16.5. The molecule has 0 aromatic heterocycles. The predicted octanol–water partition coefficient (Wildman–Crippen LogP) is 3.96. The molecule has 0 saturated heterocycles. The third kappa shape index (κ3) is 3.26. The van der Waals surface area contributed by atoms with Gasteiger partial charge in [-0.3, -0.25) is 9.59 Å². The van der Waals surface area contributed by atoms with Gasteiger partial charge in [-0.1, -0.05) is 29.8 Å². The molecule has 0 fully saturated rings. The molecule has 4 nitrogen and oxygen atoms in total. The molecule has 1 N–H and O–H groups in total. The summed E-state index contributed by atoms with van der Waals surface area (Å²) < 4.78 is 13.2. The number of carbonyl (C=O) groups excluding carboxylic acids is 2. The molecule has 1 atom stereocenters. The van der Waals surface area contributed by atoms with Crippen LogP contribution in [0, 0.1) is 5.82 Å². The van der Waals surface area contributed by atoms with Crippen molar-refractivity contribution < 1.29 is 14.0 Å². The molecule has 2 aromatic carbocycles. The molecule has 124 valence electrons. The summed E-state index contributed by atoms with van der Waals surface area (Å²) in [6.45, 7) is 1.99. The van der Waals surface area contributed by atoms with Crippen molar-refractivity contribution in [2.45, 2.75) is 19.3 Å². The zero-order valence-electron chi connectivity index (χ0n) is 13.1. The number of benzene rings is 2. The van der Waals surface area contributed by atoms with Gasteiger partial charge in [0.05, 0.1) is 5.02 Å². The van der Waals surface area contributed by atoms with Crippen molar-refractivity contribution in [2.75, 3.05) is 16.8 Å². The average Bonchev–Trinajstić information content (AvgIpc) is 2.90. The highest BCUT2D eigenvalue weighted by Crippen LogP contribution is 2.38. The molecule has 1 unspecified atom stereocenters. The number of carbonyl (C=O) groups is 2. The lowest BCUT2D eigenvalue weighted by molar-refractivity contribution is -0.118. The molecule has 0 saturated carbocycles. The Hall–Kier alpha value is -2.40. The molecule has 2 amide bonds.